The van der Waals surface area contributed by atoms with Gasteiger partial charge in [0.25, 0.3) is 0 Å². The molecule has 0 aromatic heterocycles. The molecule has 0 aromatic carbocycles. The van der Waals surface area contributed by atoms with E-state index in [2.05, 4.69) is 68.4 Å². The SMILES string of the molecule is CC(C)(C)C1=CC(C(C)(C)C)CC(C(C)(C)C)=C1N. The molecular weight excluding hydrogens is 230 g/mol. The Labute approximate surface area is 120 Å². The normalized spacial score (nSPS) is 22.6. The predicted molar refractivity (Wildman–Crippen MR) is 85.8 cm³/mol. The van der Waals surface area contributed by atoms with Gasteiger partial charge in [0.2, 0.25) is 0 Å². The second kappa shape index (κ2) is 4.68. The van der Waals surface area contributed by atoms with Gasteiger partial charge in [0.1, 0.15) is 0 Å². The minimum Gasteiger partial charge on any atom is -0.399 e. The van der Waals surface area contributed by atoms with Crippen molar-refractivity contribution in [3.05, 3.63) is 22.9 Å². The topological polar surface area (TPSA) is 26.0 Å². The zero-order chi connectivity index (χ0) is 15.2. The lowest BCUT2D eigenvalue weighted by Gasteiger charge is -2.41. The highest BCUT2D eigenvalue weighted by Crippen LogP contribution is 2.47. The molecule has 0 fully saturated rings. The summed E-state index contributed by atoms with van der Waals surface area (Å²) in [5.41, 5.74) is 10.9. The van der Waals surface area contributed by atoms with Crippen LogP contribution < -0.4 is 5.73 Å². The van der Waals surface area contributed by atoms with Crippen LogP contribution in [-0.4, -0.2) is 0 Å². The zero-order valence-electron chi connectivity index (χ0n) is 14.4. The Morgan fingerprint density at radius 1 is 0.895 bits per heavy atom. The number of nitrogens with two attached hydrogens (primary N) is 1. The number of rotatable bonds is 0. The molecule has 110 valence electrons. The van der Waals surface area contributed by atoms with E-state index in [1.165, 1.54) is 11.1 Å². The van der Waals surface area contributed by atoms with Crippen molar-refractivity contribution in [2.24, 2.45) is 27.9 Å². The second-order valence-electron chi connectivity index (χ2n) is 9.15. The molecule has 1 rings (SSSR count). The van der Waals surface area contributed by atoms with Crippen molar-refractivity contribution in [3.8, 4) is 0 Å². The first-order valence-corrected chi connectivity index (χ1v) is 7.46. The Morgan fingerprint density at radius 3 is 1.68 bits per heavy atom. The van der Waals surface area contributed by atoms with E-state index in [1.54, 1.807) is 0 Å². The molecule has 1 atom stereocenters. The minimum atomic E-state index is 0.116. The molecule has 1 aliphatic carbocycles. The van der Waals surface area contributed by atoms with E-state index in [9.17, 15) is 0 Å². The van der Waals surface area contributed by atoms with Crippen molar-refractivity contribution in [1.29, 1.82) is 0 Å². The summed E-state index contributed by atoms with van der Waals surface area (Å²) in [4.78, 5) is 0. The molecule has 1 unspecified atom stereocenters. The fourth-order valence-electron chi connectivity index (χ4n) is 2.76. The van der Waals surface area contributed by atoms with Crippen LogP contribution in [0.1, 0.15) is 68.7 Å². The quantitative estimate of drug-likeness (QED) is 0.632. The van der Waals surface area contributed by atoms with E-state index in [4.69, 9.17) is 5.73 Å². The molecule has 0 spiro atoms. The molecule has 0 aliphatic heterocycles. The first kappa shape index (κ1) is 16.3. The van der Waals surface area contributed by atoms with Gasteiger partial charge in [0, 0.05) is 5.70 Å². The highest BCUT2D eigenvalue weighted by Gasteiger charge is 2.36. The summed E-state index contributed by atoms with van der Waals surface area (Å²) in [6.45, 7) is 20.6. The van der Waals surface area contributed by atoms with Crippen molar-refractivity contribution in [3.63, 3.8) is 0 Å². The molecule has 0 saturated carbocycles. The van der Waals surface area contributed by atoms with Crippen molar-refractivity contribution in [1.82, 2.24) is 0 Å². The van der Waals surface area contributed by atoms with E-state index < -0.39 is 0 Å². The fraction of sp³-hybridized carbons (Fsp3) is 0.778. The molecule has 0 bridgehead atoms. The average molecular weight is 263 g/mol. The summed E-state index contributed by atoms with van der Waals surface area (Å²) in [5, 5.41) is 0. The van der Waals surface area contributed by atoms with Crippen LogP contribution in [0.15, 0.2) is 22.9 Å². The number of hydrogen-bond donors (Lipinski definition) is 1. The van der Waals surface area contributed by atoms with Crippen molar-refractivity contribution >= 4 is 0 Å². The summed E-state index contributed by atoms with van der Waals surface area (Å²) < 4.78 is 0. The third-order valence-electron chi connectivity index (χ3n) is 4.23. The maximum Gasteiger partial charge on any atom is 0.0346 e. The van der Waals surface area contributed by atoms with Crippen LogP contribution in [0, 0.1) is 22.2 Å². The van der Waals surface area contributed by atoms with Crippen LogP contribution in [0.5, 0.6) is 0 Å². The van der Waals surface area contributed by atoms with Crippen molar-refractivity contribution < 1.29 is 0 Å². The average Bonchev–Trinajstić information content (AvgIpc) is 2.11. The highest BCUT2D eigenvalue weighted by atomic mass is 14.6. The lowest BCUT2D eigenvalue weighted by atomic mass is 9.65. The van der Waals surface area contributed by atoms with E-state index in [1.807, 2.05) is 0 Å². The first-order valence-electron chi connectivity index (χ1n) is 7.46. The monoisotopic (exact) mass is 263 g/mol. The third-order valence-corrected chi connectivity index (χ3v) is 4.23. The number of allylic oxidation sites excluding steroid dienone is 3. The van der Waals surface area contributed by atoms with Crippen LogP contribution in [0.4, 0.5) is 0 Å². The summed E-state index contributed by atoms with van der Waals surface area (Å²) in [5.74, 6) is 0.572. The molecule has 0 amide bonds. The summed E-state index contributed by atoms with van der Waals surface area (Å²) in [6, 6.07) is 0. The minimum absolute atomic E-state index is 0.116. The zero-order valence-corrected chi connectivity index (χ0v) is 14.4. The molecule has 2 N–H and O–H groups in total. The molecule has 0 aromatic rings. The van der Waals surface area contributed by atoms with Gasteiger partial charge in [-0.3, -0.25) is 0 Å². The van der Waals surface area contributed by atoms with Gasteiger partial charge in [-0.05, 0) is 39.7 Å². The predicted octanol–water partition coefficient (Wildman–Crippen LogP) is 5.28. The Balaban J connectivity index is 3.38. The molecule has 0 saturated heterocycles. The smallest absolute Gasteiger partial charge is 0.0346 e. The van der Waals surface area contributed by atoms with Crippen LogP contribution in [0.2, 0.25) is 0 Å². The van der Waals surface area contributed by atoms with Gasteiger partial charge in [-0.15, -0.1) is 0 Å². The van der Waals surface area contributed by atoms with Gasteiger partial charge >= 0.3 is 0 Å². The van der Waals surface area contributed by atoms with Crippen molar-refractivity contribution in [2.75, 3.05) is 0 Å². The maximum absolute atomic E-state index is 6.51. The number of hydrogen-bond acceptors (Lipinski definition) is 1. The van der Waals surface area contributed by atoms with E-state index in [0.29, 0.717) is 5.92 Å². The Hall–Kier alpha value is -0.720. The lowest BCUT2D eigenvalue weighted by Crippen LogP contribution is -2.32. The fourth-order valence-corrected chi connectivity index (χ4v) is 2.76. The van der Waals surface area contributed by atoms with E-state index in [-0.39, 0.29) is 16.2 Å². The van der Waals surface area contributed by atoms with E-state index in [0.717, 1.165) is 12.1 Å². The van der Waals surface area contributed by atoms with Gasteiger partial charge in [0.05, 0.1) is 0 Å². The molecule has 1 heteroatoms. The first-order chi connectivity index (χ1) is 8.24. The molecule has 19 heavy (non-hydrogen) atoms. The third kappa shape index (κ3) is 3.64. The van der Waals surface area contributed by atoms with Gasteiger partial charge in [-0.25, -0.2) is 0 Å². The Kier molecular flexibility index (Phi) is 4.02. The molecule has 1 aliphatic rings. The van der Waals surface area contributed by atoms with Gasteiger partial charge < -0.3 is 5.73 Å². The highest BCUT2D eigenvalue weighted by molar-refractivity contribution is 5.43. The lowest BCUT2D eigenvalue weighted by molar-refractivity contribution is 0.267. The Bertz CT molecular complexity index is 402. The summed E-state index contributed by atoms with van der Waals surface area (Å²) >= 11 is 0. The van der Waals surface area contributed by atoms with Crippen LogP contribution in [0.3, 0.4) is 0 Å². The maximum atomic E-state index is 6.51. The summed E-state index contributed by atoms with van der Waals surface area (Å²) in [6.07, 6.45) is 3.53. The van der Waals surface area contributed by atoms with Crippen molar-refractivity contribution in [2.45, 2.75) is 68.7 Å². The van der Waals surface area contributed by atoms with Gasteiger partial charge in [-0.2, -0.15) is 0 Å². The van der Waals surface area contributed by atoms with Gasteiger partial charge in [-0.1, -0.05) is 68.4 Å². The molecule has 0 radical (unpaired) electrons. The van der Waals surface area contributed by atoms with Crippen LogP contribution in [0.25, 0.3) is 0 Å². The Morgan fingerprint density at radius 2 is 1.37 bits per heavy atom. The standard InChI is InChI=1S/C18H33N/c1-16(2,3)12-10-13(17(4,5)6)15(19)14(11-12)18(7,8)9/h10,12H,11,19H2,1-9H3. The molecule has 1 nitrogen and oxygen atoms in total. The van der Waals surface area contributed by atoms with Crippen LogP contribution in [-0.2, 0) is 0 Å². The van der Waals surface area contributed by atoms with Gasteiger partial charge in [0.15, 0.2) is 0 Å². The van der Waals surface area contributed by atoms with Crippen LogP contribution >= 0.6 is 0 Å². The second-order valence-corrected chi connectivity index (χ2v) is 9.15. The van der Waals surface area contributed by atoms with E-state index >= 15 is 0 Å². The summed E-state index contributed by atoms with van der Waals surface area (Å²) in [7, 11) is 0. The largest absolute Gasteiger partial charge is 0.399 e. The molecular formula is C18H33N. The molecule has 0 heterocycles.